The lowest BCUT2D eigenvalue weighted by Gasteiger charge is -2.19. The highest BCUT2D eigenvalue weighted by atomic mass is 32.1. The zero-order chi connectivity index (χ0) is 15.7. The van der Waals surface area contributed by atoms with Crippen LogP contribution in [0, 0.1) is 0 Å². The number of anilines is 1. The third-order valence-electron chi connectivity index (χ3n) is 2.43. The van der Waals surface area contributed by atoms with Crippen LogP contribution in [0.3, 0.4) is 0 Å². The largest absolute Gasteiger partial charge is 0.470 e. The van der Waals surface area contributed by atoms with Crippen molar-refractivity contribution in [3.63, 3.8) is 0 Å². The molecule has 0 radical (unpaired) electrons. The molecule has 0 bridgehead atoms. The van der Waals surface area contributed by atoms with Gasteiger partial charge >= 0.3 is 12.1 Å². The average molecular weight is 327 g/mol. The Labute approximate surface area is 120 Å². The zero-order valence-corrected chi connectivity index (χ0v) is 11.5. The Hall–Kier alpha value is -1.71. The van der Waals surface area contributed by atoms with Crippen LogP contribution in [-0.4, -0.2) is 35.2 Å². The summed E-state index contributed by atoms with van der Waals surface area (Å²) in [5, 5.41) is 4.66. The molecule has 0 aliphatic carbocycles. The first-order valence-electron chi connectivity index (χ1n) is 5.81. The summed E-state index contributed by atoms with van der Waals surface area (Å²) in [7, 11) is 0. The fourth-order valence-electron chi connectivity index (χ4n) is 1.42. The first kappa shape index (κ1) is 15.7. The Morgan fingerprint density at radius 1 is 1.24 bits per heavy atom. The van der Waals surface area contributed by atoms with Crippen molar-refractivity contribution >= 4 is 27.5 Å². The quantitative estimate of drug-likeness (QED) is 0.851. The fraction of sp³-hybridized carbons (Fsp3) is 0.455. The van der Waals surface area contributed by atoms with Crippen molar-refractivity contribution in [3.8, 4) is 5.88 Å². The van der Waals surface area contributed by atoms with E-state index in [2.05, 4.69) is 20.0 Å². The first-order chi connectivity index (χ1) is 9.74. The maximum absolute atomic E-state index is 12.9. The second-order valence-electron chi connectivity index (χ2n) is 4.01. The summed E-state index contributed by atoms with van der Waals surface area (Å²) in [4.78, 5) is 8.33. The number of aromatic nitrogens is 2. The predicted molar refractivity (Wildman–Crippen MR) is 68.1 cm³/mol. The number of alkyl halides is 5. The second kappa shape index (κ2) is 5.58. The molecule has 0 aromatic carbocycles. The van der Waals surface area contributed by atoms with Crippen LogP contribution in [-0.2, 0) is 0 Å². The van der Waals surface area contributed by atoms with E-state index >= 15 is 0 Å². The Balaban J connectivity index is 2.27. The molecule has 0 saturated heterocycles. The van der Waals surface area contributed by atoms with Crippen molar-refractivity contribution in [1.29, 1.82) is 0 Å². The van der Waals surface area contributed by atoms with E-state index in [1.807, 2.05) is 0 Å². The normalized spacial score (nSPS) is 12.7. The molecule has 21 heavy (non-hydrogen) atoms. The lowest BCUT2D eigenvalue weighted by molar-refractivity contribution is -0.290. The molecule has 1 N–H and O–H groups in total. The molecule has 0 unspecified atom stereocenters. The first-order valence-corrected chi connectivity index (χ1v) is 6.69. The number of hydrogen-bond donors (Lipinski definition) is 1. The number of thiophene rings is 1. The molecule has 0 atom stereocenters. The van der Waals surface area contributed by atoms with Gasteiger partial charge in [0, 0.05) is 6.54 Å². The topological polar surface area (TPSA) is 47.0 Å². The van der Waals surface area contributed by atoms with Crippen molar-refractivity contribution < 1.29 is 26.7 Å². The van der Waals surface area contributed by atoms with Gasteiger partial charge in [-0.15, -0.1) is 11.3 Å². The molecule has 2 rings (SSSR count). The Morgan fingerprint density at radius 3 is 2.57 bits per heavy atom. The number of hydrogen-bond acceptors (Lipinski definition) is 5. The highest BCUT2D eigenvalue weighted by Gasteiger charge is 2.58. The van der Waals surface area contributed by atoms with Gasteiger partial charge in [-0.2, -0.15) is 26.9 Å². The molecule has 2 aromatic rings. The fourth-order valence-corrected chi connectivity index (χ4v) is 2.17. The molecule has 0 amide bonds. The molecular weight excluding hydrogens is 317 g/mol. The van der Waals surface area contributed by atoms with E-state index in [0.717, 1.165) is 0 Å². The number of nitrogens with zero attached hydrogens (tertiary/aromatic N) is 2. The van der Waals surface area contributed by atoms with Gasteiger partial charge in [0.25, 0.3) is 0 Å². The summed E-state index contributed by atoms with van der Waals surface area (Å²) in [5.74, 6) is -5.14. The van der Waals surface area contributed by atoms with Gasteiger partial charge in [0.05, 0.1) is 5.39 Å². The molecular formula is C11H10F5N3OS. The number of halogens is 5. The van der Waals surface area contributed by atoms with Gasteiger partial charge in [-0.1, -0.05) is 0 Å². The number of ether oxygens (including phenoxy) is 1. The predicted octanol–water partition coefficient (Wildman–Crippen LogP) is 3.70. The van der Waals surface area contributed by atoms with Crippen LogP contribution < -0.4 is 10.1 Å². The minimum Gasteiger partial charge on any atom is -0.470 e. The Morgan fingerprint density at radius 2 is 1.95 bits per heavy atom. The van der Waals surface area contributed by atoms with E-state index < -0.39 is 18.7 Å². The Bertz CT molecular complexity index is 628. The molecule has 116 valence electrons. The van der Waals surface area contributed by atoms with Gasteiger partial charge < -0.3 is 10.1 Å². The van der Waals surface area contributed by atoms with Gasteiger partial charge in [0.15, 0.2) is 6.61 Å². The summed E-state index contributed by atoms with van der Waals surface area (Å²) in [5.41, 5.74) is 0. The van der Waals surface area contributed by atoms with E-state index in [-0.39, 0.29) is 11.8 Å². The minimum absolute atomic E-state index is 0.109. The highest BCUT2D eigenvalue weighted by Crippen LogP contribution is 2.36. The van der Waals surface area contributed by atoms with Crippen LogP contribution in [0.5, 0.6) is 5.88 Å². The van der Waals surface area contributed by atoms with Crippen LogP contribution in [0.1, 0.15) is 6.92 Å². The number of rotatable bonds is 5. The maximum atomic E-state index is 12.9. The lowest BCUT2D eigenvalue weighted by atomic mass is 10.3. The third kappa shape index (κ3) is 3.31. The summed E-state index contributed by atoms with van der Waals surface area (Å²) in [6.45, 7) is 0.402. The molecule has 10 heteroatoms. The van der Waals surface area contributed by atoms with E-state index in [9.17, 15) is 22.0 Å². The van der Waals surface area contributed by atoms with Gasteiger partial charge in [0.1, 0.15) is 4.83 Å². The molecule has 0 aliphatic heterocycles. The summed E-state index contributed by atoms with van der Waals surface area (Å²) >= 11 is 1.20. The van der Waals surface area contributed by atoms with E-state index in [1.165, 1.54) is 17.4 Å². The second-order valence-corrected chi connectivity index (χ2v) is 4.91. The highest BCUT2D eigenvalue weighted by molar-refractivity contribution is 7.16. The van der Waals surface area contributed by atoms with Crippen LogP contribution in [0.15, 0.2) is 11.4 Å². The van der Waals surface area contributed by atoms with Gasteiger partial charge in [-0.05, 0) is 18.4 Å². The monoisotopic (exact) mass is 327 g/mol. The molecule has 0 saturated carbocycles. The molecule has 2 heterocycles. The van der Waals surface area contributed by atoms with Crippen molar-refractivity contribution in [2.75, 3.05) is 18.5 Å². The lowest BCUT2D eigenvalue weighted by Crippen LogP contribution is -2.41. The van der Waals surface area contributed by atoms with Crippen LogP contribution >= 0.6 is 11.3 Å². The maximum Gasteiger partial charge on any atom is 0.456 e. The summed E-state index contributed by atoms with van der Waals surface area (Å²) < 4.78 is 66.7. The van der Waals surface area contributed by atoms with Crippen LogP contribution in [0.4, 0.5) is 27.9 Å². The van der Waals surface area contributed by atoms with Gasteiger partial charge in [0.2, 0.25) is 11.8 Å². The van der Waals surface area contributed by atoms with Crippen molar-refractivity contribution in [1.82, 2.24) is 9.97 Å². The van der Waals surface area contributed by atoms with Crippen LogP contribution in [0.2, 0.25) is 0 Å². The molecule has 0 spiro atoms. The molecule has 0 aliphatic rings. The van der Waals surface area contributed by atoms with Crippen LogP contribution in [0.25, 0.3) is 10.2 Å². The van der Waals surface area contributed by atoms with Crippen molar-refractivity contribution in [2.24, 2.45) is 0 Å². The van der Waals surface area contributed by atoms with Gasteiger partial charge in [-0.3, -0.25) is 0 Å². The third-order valence-corrected chi connectivity index (χ3v) is 3.24. The number of nitrogens with one attached hydrogen (secondary N) is 1. The number of fused-ring (bicyclic) bond motifs is 1. The SMILES string of the molecule is CCNc1nc(OCC(F)(F)C(F)(F)F)c2ccsc2n1. The van der Waals surface area contributed by atoms with E-state index in [4.69, 9.17) is 0 Å². The van der Waals surface area contributed by atoms with E-state index in [0.29, 0.717) is 16.8 Å². The molecule has 4 nitrogen and oxygen atoms in total. The van der Waals surface area contributed by atoms with Gasteiger partial charge in [-0.25, -0.2) is 4.98 Å². The summed E-state index contributed by atoms with van der Waals surface area (Å²) in [6.07, 6.45) is -5.67. The average Bonchev–Trinajstić information content (AvgIpc) is 2.83. The zero-order valence-electron chi connectivity index (χ0n) is 10.7. The smallest absolute Gasteiger partial charge is 0.456 e. The standard InChI is InChI=1S/C11H10F5N3OS/c1-2-17-9-18-7(6-3-4-21-8(6)19-9)20-5-10(12,13)11(14,15)16/h3-4H,2,5H2,1H3,(H,17,18,19). The van der Waals surface area contributed by atoms with Crippen molar-refractivity contribution in [3.05, 3.63) is 11.4 Å². The minimum atomic E-state index is -5.67. The molecule has 2 aromatic heterocycles. The Kier molecular flexibility index (Phi) is 4.17. The van der Waals surface area contributed by atoms with Crippen molar-refractivity contribution in [2.45, 2.75) is 19.0 Å². The van der Waals surface area contributed by atoms with E-state index in [1.54, 1.807) is 12.3 Å². The summed E-state index contributed by atoms with van der Waals surface area (Å²) in [6, 6.07) is 1.50. The molecule has 0 fully saturated rings.